The van der Waals surface area contributed by atoms with E-state index in [0.717, 1.165) is 5.56 Å². The zero-order valence-corrected chi connectivity index (χ0v) is 19.8. The highest BCUT2D eigenvalue weighted by atomic mass is 16.5. The molecule has 5 rings (SSSR count). The van der Waals surface area contributed by atoms with Crippen molar-refractivity contribution in [2.24, 2.45) is 23.7 Å². The highest BCUT2D eigenvalue weighted by Gasteiger charge is 2.50. The van der Waals surface area contributed by atoms with E-state index in [1.807, 2.05) is 56.3 Å². The number of nitrogens with zero attached hydrogens (tertiary/aromatic N) is 2. The number of allylic oxidation sites excluding steroid dienone is 2. The number of hydrogen-bond acceptors (Lipinski definition) is 5. The predicted molar refractivity (Wildman–Crippen MR) is 129 cm³/mol. The van der Waals surface area contributed by atoms with Crippen LogP contribution in [0.1, 0.15) is 38.3 Å². The van der Waals surface area contributed by atoms with E-state index in [1.165, 1.54) is 4.90 Å². The van der Waals surface area contributed by atoms with Crippen LogP contribution in [0.5, 0.6) is 5.75 Å². The third-order valence-corrected chi connectivity index (χ3v) is 7.41. The number of hydrogen-bond donors (Lipinski definition) is 0. The second-order valence-corrected chi connectivity index (χ2v) is 9.62. The van der Waals surface area contributed by atoms with Crippen molar-refractivity contribution in [3.63, 3.8) is 0 Å². The van der Waals surface area contributed by atoms with Gasteiger partial charge in [-0.05, 0) is 37.0 Å². The Labute approximate surface area is 204 Å². The second kappa shape index (κ2) is 9.13. The molecule has 0 saturated carbocycles. The van der Waals surface area contributed by atoms with E-state index < -0.39 is 11.9 Å². The summed E-state index contributed by atoms with van der Waals surface area (Å²) in [6.07, 6.45) is 4.59. The summed E-state index contributed by atoms with van der Waals surface area (Å²) in [6.45, 7) is 4.18. The number of carbonyl (C=O) groups is 4. The minimum atomic E-state index is -0.581. The van der Waals surface area contributed by atoms with E-state index in [0.29, 0.717) is 12.1 Å². The molecule has 2 saturated heterocycles. The van der Waals surface area contributed by atoms with Crippen molar-refractivity contribution in [1.82, 2.24) is 4.90 Å². The van der Waals surface area contributed by atoms with E-state index >= 15 is 0 Å². The van der Waals surface area contributed by atoms with Crippen LogP contribution in [-0.4, -0.2) is 35.1 Å². The fraction of sp³-hybridized carbons (Fsp3) is 0.357. The topological polar surface area (TPSA) is 84.0 Å². The fourth-order valence-corrected chi connectivity index (χ4v) is 5.46. The standard InChI is InChI=1S/C28H28N2O5/c1-17-8-6-13-23-25(17)27(33)30(26(23)32)21-11-7-12-22(15-21)35-28(34)20-14-24(31)29(16-20)18(2)19-9-4-3-5-10-19/h3-12,15,17-18,20,23,25H,13-14,16H2,1-2H3/t17-,18+,20-,23+,25-/m1/s1. The lowest BCUT2D eigenvalue weighted by Crippen LogP contribution is -2.31. The van der Waals surface area contributed by atoms with Crippen LogP contribution in [0.4, 0.5) is 5.69 Å². The number of benzene rings is 2. The third-order valence-electron chi connectivity index (χ3n) is 7.41. The first kappa shape index (κ1) is 23.0. The van der Waals surface area contributed by atoms with Gasteiger partial charge in [-0.25, -0.2) is 4.90 Å². The van der Waals surface area contributed by atoms with Gasteiger partial charge in [-0.2, -0.15) is 0 Å². The molecule has 2 aromatic carbocycles. The van der Waals surface area contributed by atoms with Gasteiger partial charge >= 0.3 is 5.97 Å². The van der Waals surface area contributed by atoms with Crippen molar-refractivity contribution in [1.29, 1.82) is 0 Å². The number of carbonyl (C=O) groups excluding carboxylic acids is 4. The summed E-state index contributed by atoms with van der Waals surface area (Å²) in [5, 5.41) is 0. The van der Waals surface area contributed by atoms with Gasteiger partial charge in [-0.15, -0.1) is 0 Å². The highest BCUT2D eigenvalue weighted by Crippen LogP contribution is 2.41. The van der Waals surface area contributed by atoms with Crippen LogP contribution in [-0.2, 0) is 19.2 Å². The summed E-state index contributed by atoms with van der Waals surface area (Å²) in [4.78, 5) is 54.6. The van der Waals surface area contributed by atoms with Crippen molar-refractivity contribution >= 4 is 29.4 Å². The van der Waals surface area contributed by atoms with Gasteiger partial charge in [0.15, 0.2) is 0 Å². The van der Waals surface area contributed by atoms with Crippen molar-refractivity contribution in [3.8, 4) is 5.75 Å². The molecule has 0 unspecified atom stereocenters. The molecule has 35 heavy (non-hydrogen) atoms. The van der Waals surface area contributed by atoms with Gasteiger partial charge < -0.3 is 9.64 Å². The average molecular weight is 473 g/mol. The van der Waals surface area contributed by atoms with Gasteiger partial charge in [0, 0.05) is 19.0 Å². The van der Waals surface area contributed by atoms with Crippen LogP contribution in [0.25, 0.3) is 0 Å². The first-order valence-electron chi connectivity index (χ1n) is 12.1. The number of imide groups is 1. The van der Waals surface area contributed by atoms with Gasteiger partial charge in [0.2, 0.25) is 17.7 Å². The maximum absolute atomic E-state index is 13.1. The third kappa shape index (κ3) is 4.16. The maximum Gasteiger partial charge on any atom is 0.316 e. The monoisotopic (exact) mass is 472 g/mol. The van der Waals surface area contributed by atoms with Crippen LogP contribution in [0, 0.1) is 23.7 Å². The number of rotatable bonds is 5. The maximum atomic E-state index is 13.1. The molecule has 5 atom stereocenters. The Hall–Kier alpha value is -3.74. The zero-order chi connectivity index (χ0) is 24.7. The lowest BCUT2D eigenvalue weighted by Gasteiger charge is -2.25. The van der Waals surface area contributed by atoms with E-state index in [2.05, 4.69) is 0 Å². The Morgan fingerprint density at radius 3 is 2.54 bits per heavy atom. The van der Waals surface area contributed by atoms with Gasteiger partial charge in [0.25, 0.3) is 0 Å². The molecule has 3 aliphatic rings. The Balaban J connectivity index is 1.28. The summed E-state index contributed by atoms with van der Waals surface area (Å²) in [7, 11) is 0. The molecule has 0 aromatic heterocycles. The quantitative estimate of drug-likeness (QED) is 0.285. The van der Waals surface area contributed by atoms with Gasteiger partial charge in [0.05, 0.1) is 29.5 Å². The van der Waals surface area contributed by atoms with Crippen molar-refractivity contribution < 1.29 is 23.9 Å². The van der Waals surface area contributed by atoms with Crippen LogP contribution in [0.2, 0.25) is 0 Å². The van der Waals surface area contributed by atoms with E-state index in [9.17, 15) is 19.2 Å². The number of likely N-dealkylation sites (tertiary alicyclic amines) is 1. The molecular formula is C28H28N2O5. The summed E-state index contributed by atoms with van der Waals surface area (Å²) in [5.41, 5.74) is 1.40. The van der Waals surface area contributed by atoms with Crippen LogP contribution in [0.15, 0.2) is 66.7 Å². The Morgan fingerprint density at radius 1 is 1.03 bits per heavy atom. The van der Waals surface area contributed by atoms with Crippen molar-refractivity contribution in [3.05, 3.63) is 72.3 Å². The number of fused-ring (bicyclic) bond motifs is 1. The largest absolute Gasteiger partial charge is 0.426 e. The van der Waals surface area contributed by atoms with Crippen LogP contribution in [0.3, 0.4) is 0 Å². The molecule has 0 bridgehead atoms. The smallest absolute Gasteiger partial charge is 0.316 e. The average Bonchev–Trinajstić information content (AvgIpc) is 3.37. The summed E-state index contributed by atoms with van der Waals surface area (Å²) in [6, 6.07) is 16.0. The zero-order valence-electron chi connectivity index (χ0n) is 19.8. The molecule has 2 aromatic rings. The first-order valence-corrected chi connectivity index (χ1v) is 12.1. The molecule has 7 heteroatoms. The second-order valence-electron chi connectivity index (χ2n) is 9.62. The van der Waals surface area contributed by atoms with Gasteiger partial charge in [0.1, 0.15) is 5.75 Å². The van der Waals surface area contributed by atoms with E-state index in [1.54, 1.807) is 29.2 Å². The van der Waals surface area contributed by atoms with Crippen LogP contribution < -0.4 is 9.64 Å². The summed E-state index contributed by atoms with van der Waals surface area (Å²) in [5.74, 6) is -2.06. The summed E-state index contributed by atoms with van der Waals surface area (Å²) < 4.78 is 5.61. The lowest BCUT2D eigenvalue weighted by atomic mass is 9.78. The number of amides is 3. The number of anilines is 1. The molecular weight excluding hydrogens is 444 g/mol. The normalized spacial score (nSPS) is 26.7. The summed E-state index contributed by atoms with van der Waals surface area (Å²) >= 11 is 0. The van der Waals surface area contributed by atoms with Crippen molar-refractivity contribution in [2.45, 2.75) is 32.7 Å². The predicted octanol–water partition coefficient (Wildman–Crippen LogP) is 3.90. The molecule has 7 nitrogen and oxygen atoms in total. The molecule has 2 heterocycles. The number of ether oxygens (including phenoxy) is 1. The molecule has 0 N–H and O–H groups in total. The Morgan fingerprint density at radius 2 is 1.80 bits per heavy atom. The SMILES string of the molecule is C[C@@H]1C=CC[C@@H]2C(=O)N(c3cccc(OC(=O)[C@@H]4CC(=O)N([C@@H](C)c5ccccc5)C4)c3)C(=O)[C@H]12. The lowest BCUT2D eigenvalue weighted by molar-refractivity contribution is -0.139. The van der Waals surface area contributed by atoms with Crippen molar-refractivity contribution in [2.75, 3.05) is 11.4 Å². The molecule has 0 spiro atoms. The molecule has 0 radical (unpaired) electrons. The highest BCUT2D eigenvalue weighted by molar-refractivity contribution is 6.22. The van der Waals surface area contributed by atoms with E-state index in [-0.39, 0.29) is 60.2 Å². The van der Waals surface area contributed by atoms with Crippen LogP contribution >= 0.6 is 0 Å². The number of esters is 1. The Kier molecular flexibility index (Phi) is 6.01. The van der Waals surface area contributed by atoms with Gasteiger partial charge in [-0.1, -0.05) is 55.5 Å². The molecule has 1 aliphatic carbocycles. The fourth-order valence-electron chi connectivity index (χ4n) is 5.46. The Bertz CT molecular complexity index is 1210. The van der Waals surface area contributed by atoms with E-state index in [4.69, 9.17) is 4.74 Å². The molecule has 2 aliphatic heterocycles. The minimum absolute atomic E-state index is 0.00247. The van der Waals surface area contributed by atoms with Gasteiger partial charge in [-0.3, -0.25) is 19.2 Å². The molecule has 2 fully saturated rings. The minimum Gasteiger partial charge on any atom is -0.426 e. The molecule has 3 amide bonds. The first-order chi connectivity index (χ1) is 16.8. The molecule has 180 valence electrons.